The average molecular weight is 379 g/mol. The lowest BCUT2D eigenvalue weighted by Crippen LogP contribution is -2.29. The van der Waals surface area contributed by atoms with Gasteiger partial charge in [-0.25, -0.2) is 12.7 Å². The summed E-state index contributed by atoms with van der Waals surface area (Å²) in [7, 11) is -0.495. The highest BCUT2D eigenvalue weighted by Crippen LogP contribution is 2.33. The van der Waals surface area contributed by atoms with Crippen molar-refractivity contribution < 1.29 is 13.2 Å². The molecule has 3 rings (SSSR count). The molecule has 7 heteroatoms. The van der Waals surface area contributed by atoms with Crippen LogP contribution in [-0.2, 0) is 16.4 Å². The number of aryl methyl sites for hydroxylation is 1. The third kappa shape index (κ3) is 3.17. The Hall–Kier alpha value is -1.89. The molecule has 25 heavy (non-hydrogen) atoms. The van der Waals surface area contributed by atoms with E-state index in [1.165, 1.54) is 24.5 Å². The van der Waals surface area contributed by atoms with Crippen molar-refractivity contribution in [3.8, 4) is 0 Å². The first-order valence-electron chi connectivity index (χ1n) is 7.85. The van der Waals surface area contributed by atoms with Crippen LogP contribution in [0.5, 0.6) is 0 Å². The minimum atomic E-state index is -3.49. The molecule has 0 atom stereocenters. The topological polar surface area (TPSA) is 57.7 Å². The van der Waals surface area contributed by atoms with Crippen LogP contribution in [0.25, 0.3) is 0 Å². The lowest BCUT2D eigenvalue weighted by atomic mass is 10.1. The maximum absolute atomic E-state index is 12.8. The minimum absolute atomic E-state index is 0.174. The van der Waals surface area contributed by atoms with E-state index in [2.05, 4.69) is 0 Å². The largest absolute Gasteiger partial charge is 0.308 e. The monoisotopic (exact) mass is 378 g/mol. The highest BCUT2D eigenvalue weighted by Gasteiger charge is 2.28. The first-order valence-corrected chi connectivity index (χ1v) is 9.67. The number of halogens is 1. The molecule has 0 saturated heterocycles. The SMILES string of the molecule is Cc1ccc(C(=O)N2CCc3cc(S(=O)(=O)N(C)C)ccc32)c(Cl)c1. The number of rotatable bonds is 3. The molecule has 0 unspecified atom stereocenters. The van der Waals surface area contributed by atoms with E-state index in [-0.39, 0.29) is 10.8 Å². The number of amides is 1. The van der Waals surface area contributed by atoms with Gasteiger partial charge >= 0.3 is 0 Å². The van der Waals surface area contributed by atoms with Gasteiger partial charge in [-0.2, -0.15) is 0 Å². The second-order valence-electron chi connectivity index (χ2n) is 6.27. The third-order valence-electron chi connectivity index (χ3n) is 4.33. The summed E-state index contributed by atoms with van der Waals surface area (Å²) in [4.78, 5) is 14.7. The van der Waals surface area contributed by atoms with Crippen LogP contribution in [0.1, 0.15) is 21.5 Å². The maximum Gasteiger partial charge on any atom is 0.259 e. The lowest BCUT2D eigenvalue weighted by Gasteiger charge is -2.19. The van der Waals surface area contributed by atoms with Gasteiger partial charge in [0.05, 0.1) is 15.5 Å². The molecule has 1 aliphatic rings. The molecule has 0 aliphatic carbocycles. The first kappa shape index (κ1) is 17.9. The van der Waals surface area contributed by atoms with Gasteiger partial charge in [-0.1, -0.05) is 17.7 Å². The number of fused-ring (bicyclic) bond motifs is 1. The Balaban J connectivity index is 1.96. The summed E-state index contributed by atoms with van der Waals surface area (Å²) in [5.74, 6) is -0.174. The van der Waals surface area contributed by atoms with Crippen molar-refractivity contribution in [2.24, 2.45) is 0 Å². The summed E-state index contributed by atoms with van der Waals surface area (Å²) in [5.41, 5.74) is 3.02. The van der Waals surface area contributed by atoms with Crippen LogP contribution in [0, 0.1) is 6.92 Å². The van der Waals surface area contributed by atoms with Gasteiger partial charge < -0.3 is 4.90 Å². The highest BCUT2D eigenvalue weighted by atomic mass is 35.5. The van der Waals surface area contributed by atoms with E-state index >= 15 is 0 Å². The van der Waals surface area contributed by atoms with Crippen molar-refractivity contribution in [2.45, 2.75) is 18.2 Å². The van der Waals surface area contributed by atoms with Crippen molar-refractivity contribution >= 4 is 33.2 Å². The highest BCUT2D eigenvalue weighted by molar-refractivity contribution is 7.89. The normalized spacial score (nSPS) is 14.0. The van der Waals surface area contributed by atoms with E-state index in [4.69, 9.17) is 11.6 Å². The molecule has 0 aromatic heterocycles. The zero-order chi connectivity index (χ0) is 18.4. The van der Waals surface area contributed by atoms with Gasteiger partial charge in [-0.05, 0) is 54.8 Å². The molecule has 1 aliphatic heterocycles. The molecule has 2 aromatic carbocycles. The van der Waals surface area contributed by atoms with Gasteiger partial charge in [0.2, 0.25) is 10.0 Å². The van der Waals surface area contributed by atoms with Crippen molar-refractivity contribution in [2.75, 3.05) is 25.5 Å². The lowest BCUT2D eigenvalue weighted by molar-refractivity contribution is 0.0989. The van der Waals surface area contributed by atoms with Crippen LogP contribution < -0.4 is 4.90 Å². The molecule has 5 nitrogen and oxygen atoms in total. The molecule has 1 heterocycles. The molecule has 2 aromatic rings. The predicted molar refractivity (Wildman–Crippen MR) is 98.9 cm³/mol. The van der Waals surface area contributed by atoms with Crippen molar-refractivity contribution in [3.63, 3.8) is 0 Å². The summed E-state index contributed by atoms with van der Waals surface area (Å²) >= 11 is 6.22. The smallest absolute Gasteiger partial charge is 0.259 e. The number of benzene rings is 2. The Morgan fingerprint density at radius 2 is 1.88 bits per heavy atom. The third-order valence-corrected chi connectivity index (χ3v) is 6.45. The van der Waals surface area contributed by atoms with Gasteiger partial charge in [-0.15, -0.1) is 0 Å². The Bertz CT molecular complexity index is 955. The molecule has 0 N–H and O–H groups in total. The van der Waals surface area contributed by atoms with E-state index in [9.17, 15) is 13.2 Å². The Morgan fingerprint density at radius 3 is 2.52 bits per heavy atom. The van der Waals surface area contributed by atoms with Crippen LogP contribution in [0.3, 0.4) is 0 Å². The summed E-state index contributed by atoms with van der Waals surface area (Å²) in [6.07, 6.45) is 0.612. The number of nitrogens with zero attached hydrogens (tertiary/aromatic N) is 2. The van der Waals surface area contributed by atoms with E-state index in [0.29, 0.717) is 23.6 Å². The number of carbonyl (C=O) groups excluding carboxylic acids is 1. The fourth-order valence-electron chi connectivity index (χ4n) is 2.90. The molecule has 132 valence electrons. The molecule has 0 spiro atoms. The van der Waals surface area contributed by atoms with Gasteiger partial charge in [0.25, 0.3) is 5.91 Å². The van der Waals surface area contributed by atoms with Crippen LogP contribution >= 0.6 is 11.6 Å². The predicted octanol–water partition coefficient (Wildman–Crippen LogP) is 3.10. The van der Waals surface area contributed by atoms with Gasteiger partial charge in [0.15, 0.2) is 0 Å². The van der Waals surface area contributed by atoms with E-state index in [1.54, 1.807) is 29.2 Å². The second kappa shape index (κ2) is 6.44. The fourth-order valence-corrected chi connectivity index (χ4v) is 4.17. The average Bonchev–Trinajstić information content (AvgIpc) is 2.97. The first-order chi connectivity index (χ1) is 11.7. The Kier molecular flexibility index (Phi) is 4.62. The molecular formula is C18H19ClN2O3S. The van der Waals surface area contributed by atoms with E-state index in [0.717, 1.165) is 16.8 Å². The van der Waals surface area contributed by atoms with Crippen molar-refractivity contribution in [1.82, 2.24) is 4.31 Å². The molecule has 1 amide bonds. The maximum atomic E-state index is 12.8. The number of carbonyl (C=O) groups is 1. The van der Waals surface area contributed by atoms with Crippen LogP contribution in [0.4, 0.5) is 5.69 Å². The van der Waals surface area contributed by atoms with E-state index in [1.807, 2.05) is 13.0 Å². The number of anilines is 1. The minimum Gasteiger partial charge on any atom is -0.308 e. The standard InChI is InChI=1S/C18H19ClN2O3S/c1-12-4-6-15(16(19)10-12)18(22)21-9-8-13-11-14(5-7-17(13)21)25(23,24)20(2)3/h4-7,10-11H,8-9H2,1-3H3. The summed E-state index contributed by atoms with van der Waals surface area (Å²) in [6.45, 7) is 2.42. The Morgan fingerprint density at radius 1 is 1.16 bits per heavy atom. The van der Waals surface area contributed by atoms with Crippen molar-refractivity contribution in [3.05, 3.63) is 58.1 Å². The number of hydrogen-bond acceptors (Lipinski definition) is 3. The second-order valence-corrected chi connectivity index (χ2v) is 8.83. The van der Waals surface area contributed by atoms with Gasteiger partial charge in [0.1, 0.15) is 0 Å². The number of sulfonamides is 1. The van der Waals surface area contributed by atoms with Gasteiger partial charge in [-0.3, -0.25) is 4.79 Å². The quantitative estimate of drug-likeness (QED) is 0.824. The van der Waals surface area contributed by atoms with E-state index < -0.39 is 10.0 Å². The Labute approximate surface area is 152 Å². The summed E-state index contributed by atoms with van der Waals surface area (Å²) in [6, 6.07) is 10.2. The molecular weight excluding hydrogens is 360 g/mol. The van der Waals surface area contributed by atoms with Crippen LogP contribution in [-0.4, -0.2) is 39.3 Å². The van der Waals surface area contributed by atoms with Crippen LogP contribution in [0.2, 0.25) is 5.02 Å². The zero-order valence-electron chi connectivity index (χ0n) is 14.3. The van der Waals surface area contributed by atoms with Gasteiger partial charge in [0, 0.05) is 26.3 Å². The summed E-state index contributed by atoms with van der Waals surface area (Å²) in [5, 5.41) is 0.422. The zero-order valence-corrected chi connectivity index (χ0v) is 15.9. The molecule has 0 radical (unpaired) electrons. The van der Waals surface area contributed by atoms with Crippen LogP contribution in [0.15, 0.2) is 41.3 Å². The molecule has 0 bridgehead atoms. The molecule has 0 saturated carbocycles. The fraction of sp³-hybridized carbons (Fsp3) is 0.278. The summed E-state index contributed by atoms with van der Waals surface area (Å²) < 4.78 is 25.7. The number of hydrogen-bond donors (Lipinski definition) is 0. The molecule has 0 fully saturated rings. The van der Waals surface area contributed by atoms with Crippen molar-refractivity contribution in [1.29, 1.82) is 0 Å².